The lowest BCUT2D eigenvalue weighted by Gasteiger charge is -2.10. The van der Waals surface area contributed by atoms with Crippen LogP contribution in [0.4, 0.5) is 4.39 Å². The standard InChI is InChI=1S/C11H14FNO3/c1-16-10-3-2-7(4-8(10)6-12)5-9(13)11(14)15/h2-4,9H,5-6,13H2,1H3,(H,14,15). The maximum absolute atomic E-state index is 12.6. The van der Waals surface area contributed by atoms with Gasteiger partial charge >= 0.3 is 5.97 Å². The van der Waals surface area contributed by atoms with Gasteiger partial charge in [0.2, 0.25) is 0 Å². The van der Waals surface area contributed by atoms with Gasteiger partial charge < -0.3 is 15.6 Å². The lowest BCUT2D eigenvalue weighted by Crippen LogP contribution is -2.32. The van der Waals surface area contributed by atoms with Gasteiger partial charge in [0.05, 0.1) is 7.11 Å². The molecule has 0 aromatic heterocycles. The van der Waals surface area contributed by atoms with Gasteiger partial charge in [-0.1, -0.05) is 6.07 Å². The molecule has 0 aliphatic heterocycles. The van der Waals surface area contributed by atoms with Gasteiger partial charge in [-0.15, -0.1) is 0 Å². The summed E-state index contributed by atoms with van der Waals surface area (Å²) in [7, 11) is 1.46. The SMILES string of the molecule is COc1ccc(CC(N)C(=O)O)cc1CF. The Balaban J connectivity index is 2.86. The zero-order chi connectivity index (χ0) is 12.1. The van der Waals surface area contributed by atoms with Crippen molar-refractivity contribution >= 4 is 5.97 Å². The number of rotatable bonds is 5. The second-order valence-corrected chi connectivity index (χ2v) is 3.43. The summed E-state index contributed by atoms with van der Waals surface area (Å²) in [5, 5.41) is 8.65. The van der Waals surface area contributed by atoms with E-state index in [2.05, 4.69) is 0 Å². The van der Waals surface area contributed by atoms with E-state index in [4.69, 9.17) is 15.6 Å². The van der Waals surface area contributed by atoms with E-state index in [9.17, 15) is 9.18 Å². The van der Waals surface area contributed by atoms with Crippen molar-refractivity contribution in [3.8, 4) is 5.75 Å². The summed E-state index contributed by atoms with van der Waals surface area (Å²) in [5.74, 6) is -0.618. The van der Waals surface area contributed by atoms with Crippen molar-refractivity contribution in [1.29, 1.82) is 0 Å². The molecule has 4 nitrogen and oxygen atoms in total. The van der Waals surface area contributed by atoms with Gasteiger partial charge in [0.15, 0.2) is 0 Å². The third-order valence-electron chi connectivity index (χ3n) is 2.26. The Bertz CT molecular complexity index is 381. The molecule has 0 aliphatic rings. The van der Waals surface area contributed by atoms with Gasteiger partial charge in [-0.2, -0.15) is 0 Å². The number of carboxylic acid groups (broad SMARTS) is 1. The van der Waals surface area contributed by atoms with E-state index < -0.39 is 18.7 Å². The summed E-state index contributed by atoms with van der Waals surface area (Å²) in [6.07, 6.45) is 0.173. The van der Waals surface area contributed by atoms with Crippen molar-refractivity contribution in [2.75, 3.05) is 7.11 Å². The summed E-state index contributed by atoms with van der Waals surface area (Å²) in [4.78, 5) is 10.6. The molecule has 1 atom stereocenters. The third-order valence-corrected chi connectivity index (χ3v) is 2.26. The molecule has 1 aromatic rings. The van der Waals surface area contributed by atoms with Crippen LogP contribution in [0, 0.1) is 0 Å². The Morgan fingerprint density at radius 1 is 1.62 bits per heavy atom. The van der Waals surface area contributed by atoms with Gasteiger partial charge in [-0.25, -0.2) is 4.39 Å². The van der Waals surface area contributed by atoms with Crippen LogP contribution in [0.15, 0.2) is 18.2 Å². The second-order valence-electron chi connectivity index (χ2n) is 3.43. The lowest BCUT2D eigenvalue weighted by atomic mass is 10.0. The molecular weight excluding hydrogens is 213 g/mol. The first-order valence-corrected chi connectivity index (χ1v) is 4.78. The molecule has 16 heavy (non-hydrogen) atoms. The van der Waals surface area contributed by atoms with E-state index in [-0.39, 0.29) is 6.42 Å². The molecular formula is C11H14FNO3. The van der Waals surface area contributed by atoms with Crippen molar-refractivity contribution in [3.63, 3.8) is 0 Å². The highest BCUT2D eigenvalue weighted by molar-refractivity contribution is 5.73. The smallest absolute Gasteiger partial charge is 0.320 e. The van der Waals surface area contributed by atoms with Gasteiger partial charge in [0.1, 0.15) is 18.5 Å². The maximum atomic E-state index is 12.6. The van der Waals surface area contributed by atoms with Crippen molar-refractivity contribution in [2.24, 2.45) is 5.73 Å². The zero-order valence-corrected chi connectivity index (χ0v) is 8.94. The van der Waals surface area contributed by atoms with E-state index in [0.717, 1.165) is 0 Å². The van der Waals surface area contributed by atoms with Gasteiger partial charge in [0.25, 0.3) is 0 Å². The number of nitrogens with two attached hydrogens (primary N) is 1. The maximum Gasteiger partial charge on any atom is 0.320 e. The molecule has 1 unspecified atom stereocenters. The minimum atomic E-state index is -1.07. The summed E-state index contributed by atoms with van der Waals surface area (Å²) >= 11 is 0. The average Bonchev–Trinajstić information content (AvgIpc) is 2.28. The predicted octanol–water partition coefficient (Wildman–Crippen LogP) is 1.12. The quantitative estimate of drug-likeness (QED) is 0.790. The first-order chi connectivity index (χ1) is 7.58. The fourth-order valence-corrected chi connectivity index (χ4v) is 1.40. The summed E-state index contributed by atoms with van der Waals surface area (Å²) < 4.78 is 17.6. The topological polar surface area (TPSA) is 72.5 Å². The number of halogens is 1. The number of aliphatic carboxylic acids is 1. The molecule has 88 valence electrons. The number of alkyl halides is 1. The van der Waals surface area contributed by atoms with Crippen LogP contribution in [-0.4, -0.2) is 24.2 Å². The van der Waals surface area contributed by atoms with Crippen molar-refractivity contribution in [3.05, 3.63) is 29.3 Å². The molecule has 0 saturated heterocycles. The van der Waals surface area contributed by atoms with Crippen molar-refractivity contribution in [1.82, 2.24) is 0 Å². The van der Waals surface area contributed by atoms with Crippen LogP contribution in [0.3, 0.4) is 0 Å². The molecule has 0 radical (unpaired) electrons. The summed E-state index contributed by atoms with van der Waals surface area (Å²) in [5.41, 5.74) is 6.47. The number of methoxy groups -OCH3 is 1. The Labute approximate surface area is 92.8 Å². The minimum Gasteiger partial charge on any atom is -0.496 e. The largest absolute Gasteiger partial charge is 0.496 e. The van der Waals surface area contributed by atoms with Crippen LogP contribution in [-0.2, 0) is 17.9 Å². The molecule has 0 spiro atoms. The normalized spacial score (nSPS) is 12.2. The van der Waals surface area contributed by atoms with Crippen LogP contribution in [0.2, 0.25) is 0 Å². The number of carbonyl (C=O) groups is 1. The number of hydrogen-bond acceptors (Lipinski definition) is 3. The number of hydrogen-bond donors (Lipinski definition) is 2. The molecule has 0 fully saturated rings. The van der Waals surface area contributed by atoms with Crippen molar-refractivity contribution < 1.29 is 19.0 Å². The second kappa shape index (κ2) is 5.46. The monoisotopic (exact) mass is 227 g/mol. The number of benzene rings is 1. The predicted molar refractivity (Wildman–Crippen MR) is 57.1 cm³/mol. The van der Waals surface area contributed by atoms with Crippen LogP contribution in [0.1, 0.15) is 11.1 Å². The van der Waals surface area contributed by atoms with E-state index in [0.29, 0.717) is 16.9 Å². The molecule has 0 heterocycles. The Kier molecular flexibility index (Phi) is 4.25. The molecule has 1 rings (SSSR count). The van der Waals surface area contributed by atoms with Crippen LogP contribution >= 0.6 is 0 Å². The zero-order valence-electron chi connectivity index (χ0n) is 8.94. The number of ether oxygens (including phenoxy) is 1. The summed E-state index contributed by atoms with van der Waals surface area (Å²) in [6, 6.07) is 3.89. The van der Waals surface area contributed by atoms with Gasteiger partial charge in [-0.05, 0) is 24.1 Å². The highest BCUT2D eigenvalue weighted by atomic mass is 19.1. The van der Waals surface area contributed by atoms with E-state index >= 15 is 0 Å². The molecule has 0 saturated carbocycles. The first-order valence-electron chi connectivity index (χ1n) is 4.78. The summed E-state index contributed by atoms with van der Waals surface area (Å²) in [6.45, 7) is -0.653. The van der Waals surface area contributed by atoms with E-state index in [1.165, 1.54) is 7.11 Å². The lowest BCUT2D eigenvalue weighted by molar-refractivity contribution is -0.138. The third kappa shape index (κ3) is 2.93. The van der Waals surface area contributed by atoms with E-state index in [1.54, 1.807) is 18.2 Å². The molecule has 3 N–H and O–H groups in total. The Morgan fingerprint density at radius 2 is 2.31 bits per heavy atom. The van der Waals surface area contributed by atoms with Crippen LogP contribution in [0.5, 0.6) is 5.75 Å². The van der Waals surface area contributed by atoms with Crippen LogP contribution < -0.4 is 10.5 Å². The first kappa shape index (κ1) is 12.4. The molecule has 1 aromatic carbocycles. The molecule has 0 aliphatic carbocycles. The fourth-order valence-electron chi connectivity index (χ4n) is 1.40. The average molecular weight is 227 g/mol. The van der Waals surface area contributed by atoms with E-state index in [1.807, 2.05) is 0 Å². The van der Waals surface area contributed by atoms with Gasteiger partial charge in [-0.3, -0.25) is 4.79 Å². The highest BCUT2D eigenvalue weighted by Gasteiger charge is 2.13. The molecule has 5 heteroatoms. The fraction of sp³-hybridized carbons (Fsp3) is 0.364. The van der Waals surface area contributed by atoms with Gasteiger partial charge in [0, 0.05) is 5.56 Å². The highest BCUT2D eigenvalue weighted by Crippen LogP contribution is 2.21. The van der Waals surface area contributed by atoms with Crippen LogP contribution in [0.25, 0.3) is 0 Å². The molecule has 0 amide bonds. The van der Waals surface area contributed by atoms with Crippen molar-refractivity contribution in [2.45, 2.75) is 19.1 Å². The Morgan fingerprint density at radius 3 is 2.81 bits per heavy atom. The minimum absolute atomic E-state index is 0.173. The molecule has 0 bridgehead atoms. The Hall–Kier alpha value is -1.62. The number of carboxylic acids is 1.